The largest absolute Gasteiger partial charge is 0.308 e. The molecule has 0 aromatic carbocycles. The van der Waals surface area contributed by atoms with Crippen LogP contribution in [0.3, 0.4) is 0 Å². The van der Waals surface area contributed by atoms with Crippen molar-refractivity contribution in [2.24, 2.45) is 5.92 Å². The molecule has 19 heavy (non-hydrogen) atoms. The Morgan fingerprint density at radius 3 is 2.58 bits per heavy atom. The van der Waals surface area contributed by atoms with E-state index >= 15 is 0 Å². The van der Waals surface area contributed by atoms with Gasteiger partial charge in [-0.25, -0.2) is 4.98 Å². The Balaban J connectivity index is 1.83. The molecule has 1 N–H and O–H groups in total. The van der Waals surface area contributed by atoms with E-state index in [0.29, 0.717) is 6.04 Å². The molecule has 0 spiro atoms. The Morgan fingerprint density at radius 1 is 1.32 bits per heavy atom. The molecule has 108 valence electrons. The van der Waals surface area contributed by atoms with Crippen molar-refractivity contribution >= 4 is 11.3 Å². The number of hydrogen-bond acceptors (Lipinski definition) is 3. The van der Waals surface area contributed by atoms with Crippen molar-refractivity contribution < 1.29 is 0 Å². The lowest BCUT2D eigenvalue weighted by atomic mass is 9.84. The third kappa shape index (κ3) is 4.28. The van der Waals surface area contributed by atoms with Gasteiger partial charge in [0.15, 0.2) is 0 Å². The zero-order chi connectivity index (χ0) is 13.9. The minimum absolute atomic E-state index is 0.170. The Labute approximate surface area is 122 Å². The molecule has 3 heteroatoms. The lowest BCUT2D eigenvalue weighted by Crippen LogP contribution is -2.34. The molecule has 0 unspecified atom stereocenters. The highest BCUT2D eigenvalue weighted by molar-refractivity contribution is 7.09. The second-order valence-electron chi connectivity index (χ2n) is 6.94. The fourth-order valence-corrected chi connectivity index (χ4v) is 3.76. The maximum Gasteiger partial charge on any atom is 0.107 e. The molecule has 0 bridgehead atoms. The SMILES string of the molecule is C[C@H](NCc1nc(C(C)(C)C)cs1)C1CCCCC1. The highest BCUT2D eigenvalue weighted by atomic mass is 32.1. The van der Waals surface area contributed by atoms with Crippen LogP contribution in [-0.2, 0) is 12.0 Å². The molecule has 0 saturated heterocycles. The van der Waals surface area contributed by atoms with Crippen LogP contribution in [0.2, 0.25) is 0 Å². The summed E-state index contributed by atoms with van der Waals surface area (Å²) in [5.74, 6) is 0.871. The summed E-state index contributed by atoms with van der Waals surface area (Å²) in [6, 6.07) is 0.627. The van der Waals surface area contributed by atoms with Gasteiger partial charge >= 0.3 is 0 Å². The van der Waals surface area contributed by atoms with Crippen molar-refractivity contribution in [3.8, 4) is 0 Å². The molecule has 1 aliphatic rings. The van der Waals surface area contributed by atoms with E-state index < -0.39 is 0 Å². The molecule has 1 aromatic rings. The average Bonchev–Trinajstić information content (AvgIpc) is 2.86. The molecule has 0 radical (unpaired) electrons. The molecular formula is C16H28N2S. The first-order valence-corrected chi connectivity index (χ1v) is 8.53. The number of nitrogens with one attached hydrogen (secondary N) is 1. The summed E-state index contributed by atoms with van der Waals surface area (Å²) in [6.07, 6.45) is 7.08. The molecule has 0 aliphatic heterocycles. The maximum atomic E-state index is 4.75. The van der Waals surface area contributed by atoms with Gasteiger partial charge in [0.25, 0.3) is 0 Å². The monoisotopic (exact) mass is 280 g/mol. The number of rotatable bonds is 4. The molecule has 1 aliphatic carbocycles. The van der Waals surface area contributed by atoms with Crippen molar-refractivity contribution in [2.45, 2.75) is 77.8 Å². The highest BCUT2D eigenvalue weighted by Gasteiger charge is 2.21. The zero-order valence-corrected chi connectivity index (χ0v) is 13.6. The molecule has 1 fully saturated rings. The molecular weight excluding hydrogens is 252 g/mol. The van der Waals surface area contributed by atoms with Crippen LogP contribution in [0.4, 0.5) is 0 Å². The first kappa shape index (κ1) is 15.0. The Bertz CT molecular complexity index is 386. The molecule has 1 saturated carbocycles. The molecule has 0 amide bonds. The van der Waals surface area contributed by atoms with E-state index in [1.54, 1.807) is 11.3 Å². The van der Waals surface area contributed by atoms with Crippen molar-refractivity contribution in [3.63, 3.8) is 0 Å². The normalized spacial score (nSPS) is 19.6. The smallest absolute Gasteiger partial charge is 0.107 e. The van der Waals surface area contributed by atoms with Crippen LogP contribution in [0.25, 0.3) is 0 Å². The van der Waals surface area contributed by atoms with Crippen LogP contribution in [0.15, 0.2) is 5.38 Å². The van der Waals surface area contributed by atoms with Gasteiger partial charge < -0.3 is 5.32 Å². The fourth-order valence-electron chi connectivity index (χ4n) is 2.79. The number of aromatic nitrogens is 1. The molecule has 2 nitrogen and oxygen atoms in total. The summed E-state index contributed by atoms with van der Waals surface area (Å²) in [6.45, 7) is 9.95. The predicted molar refractivity (Wildman–Crippen MR) is 83.7 cm³/mol. The predicted octanol–water partition coefficient (Wildman–Crippen LogP) is 4.50. The second-order valence-corrected chi connectivity index (χ2v) is 7.89. The van der Waals surface area contributed by atoms with E-state index in [0.717, 1.165) is 12.5 Å². The molecule has 1 aromatic heterocycles. The minimum atomic E-state index is 0.170. The van der Waals surface area contributed by atoms with E-state index in [1.165, 1.54) is 42.8 Å². The van der Waals surface area contributed by atoms with Crippen molar-refractivity contribution in [3.05, 3.63) is 16.1 Å². The van der Waals surface area contributed by atoms with Crippen LogP contribution < -0.4 is 5.32 Å². The fraction of sp³-hybridized carbons (Fsp3) is 0.812. The number of hydrogen-bond donors (Lipinski definition) is 1. The van der Waals surface area contributed by atoms with Gasteiger partial charge in [-0.05, 0) is 25.7 Å². The summed E-state index contributed by atoms with van der Waals surface area (Å²) in [5.41, 5.74) is 1.39. The summed E-state index contributed by atoms with van der Waals surface area (Å²) in [4.78, 5) is 4.75. The lowest BCUT2D eigenvalue weighted by molar-refractivity contribution is 0.280. The van der Waals surface area contributed by atoms with E-state index in [9.17, 15) is 0 Å². The second kappa shape index (κ2) is 6.36. The Morgan fingerprint density at radius 2 is 2.00 bits per heavy atom. The summed E-state index contributed by atoms with van der Waals surface area (Å²) < 4.78 is 0. The zero-order valence-electron chi connectivity index (χ0n) is 12.8. The van der Waals surface area contributed by atoms with E-state index in [-0.39, 0.29) is 5.41 Å². The quantitative estimate of drug-likeness (QED) is 0.878. The van der Waals surface area contributed by atoms with Gasteiger partial charge in [0.1, 0.15) is 5.01 Å². The third-order valence-corrected chi connectivity index (χ3v) is 5.10. The Hall–Kier alpha value is -0.410. The van der Waals surface area contributed by atoms with Crippen molar-refractivity contribution in [2.75, 3.05) is 0 Å². The maximum absolute atomic E-state index is 4.75. The highest BCUT2D eigenvalue weighted by Crippen LogP contribution is 2.27. The van der Waals surface area contributed by atoms with E-state index in [2.05, 4.69) is 38.4 Å². The minimum Gasteiger partial charge on any atom is -0.308 e. The van der Waals surface area contributed by atoms with Crippen LogP contribution in [-0.4, -0.2) is 11.0 Å². The lowest BCUT2D eigenvalue weighted by Gasteiger charge is -2.28. The molecule has 1 heterocycles. The standard InChI is InChI=1S/C16H28N2S/c1-12(13-8-6-5-7-9-13)17-10-15-18-14(11-19-15)16(2,3)4/h11-13,17H,5-10H2,1-4H3/t12-/m0/s1. The van der Waals surface area contributed by atoms with Gasteiger partial charge in [0.05, 0.1) is 5.69 Å². The average molecular weight is 280 g/mol. The molecule has 2 rings (SSSR count). The van der Waals surface area contributed by atoms with Crippen LogP contribution >= 0.6 is 11.3 Å². The van der Waals surface area contributed by atoms with Crippen molar-refractivity contribution in [1.29, 1.82) is 0 Å². The van der Waals surface area contributed by atoms with Gasteiger partial charge in [0.2, 0.25) is 0 Å². The van der Waals surface area contributed by atoms with Crippen molar-refractivity contribution in [1.82, 2.24) is 10.3 Å². The summed E-state index contributed by atoms with van der Waals surface area (Å²) in [7, 11) is 0. The Kier molecular flexibility index (Phi) is 5.02. The van der Waals surface area contributed by atoms with Crippen LogP contribution in [0, 0.1) is 5.92 Å². The van der Waals surface area contributed by atoms with Gasteiger partial charge in [-0.15, -0.1) is 11.3 Å². The van der Waals surface area contributed by atoms with Gasteiger partial charge in [0, 0.05) is 23.4 Å². The summed E-state index contributed by atoms with van der Waals surface area (Å²) >= 11 is 1.79. The van der Waals surface area contributed by atoms with Gasteiger partial charge in [-0.2, -0.15) is 0 Å². The van der Waals surface area contributed by atoms with Crippen LogP contribution in [0.1, 0.15) is 70.5 Å². The van der Waals surface area contributed by atoms with E-state index in [4.69, 9.17) is 4.98 Å². The van der Waals surface area contributed by atoms with Gasteiger partial charge in [-0.3, -0.25) is 0 Å². The van der Waals surface area contributed by atoms with Gasteiger partial charge in [-0.1, -0.05) is 40.0 Å². The third-order valence-electron chi connectivity index (χ3n) is 4.25. The number of nitrogens with zero attached hydrogens (tertiary/aromatic N) is 1. The molecule has 1 atom stereocenters. The summed E-state index contributed by atoms with van der Waals surface area (Å²) in [5, 5.41) is 7.12. The first-order chi connectivity index (χ1) is 8.97. The van der Waals surface area contributed by atoms with E-state index in [1.807, 2.05) is 0 Å². The number of thiazole rings is 1. The first-order valence-electron chi connectivity index (χ1n) is 7.65. The van der Waals surface area contributed by atoms with Crippen LogP contribution in [0.5, 0.6) is 0 Å². The topological polar surface area (TPSA) is 24.9 Å².